The highest BCUT2D eigenvalue weighted by molar-refractivity contribution is 14.1. The minimum atomic E-state index is -0.0265. The van der Waals surface area contributed by atoms with E-state index in [1.54, 1.807) is 0 Å². The number of aliphatic hydroxyl groups is 1. The number of nitrogens with one attached hydrogen (secondary N) is 1. The highest BCUT2D eigenvalue weighted by atomic mass is 127. The molecule has 0 saturated heterocycles. The van der Waals surface area contributed by atoms with Crippen LogP contribution in [0.4, 0.5) is 5.69 Å². The van der Waals surface area contributed by atoms with Crippen LogP contribution < -0.4 is 5.32 Å². The van der Waals surface area contributed by atoms with Crippen LogP contribution in [-0.2, 0) is 0 Å². The summed E-state index contributed by atoms with van der Waals surface area (Å²) in [6.07, 6.45) is 0.973. The summed E-state index contributed by atoms with van der Waals surface area (Å²) in [5.74, 6) is 0. The molecule has 0 heterocycles. The molecule has 0 aliphatic carbocycles. The molecule has 0 aromatic heterocycles. The number of rotatable bonds is 5. The topological polar surface area (TPSA) is 32.3 Å². The average Bonchev–Trinajstić information content (AvgIpc) is 2.26. The Morgan fingerprint density at radius 2 is 2.20 bits per heavy atom. The van der Waals surface area contributed by atoms with Gasteiger partial charge in [-0.1, -0.05) is 19.9 Å². The van der Waals surface area contributed by atoms with E-state index in [-0.39, 0.29) is 12.0 Å². The third-order valence-electron chi connectivity index (χ3n) is 2.78. The highest BCUT2D eigenvalue weighted by Gasteiger charge is 2.20. The van der Waals surface area contributed by atoms with Crippen LogP contribution in [0.25, 0.3) is 0 Å². The van der Waals surface area contributed by atoms with Crippen molar-refractivity contribution in [2.45, 2.75) is 20.3 Å². The van der Waals surface area contributed by atoms with Gasteiger partial charge in [0.1, 0.15) is 0 Å². The molecule has 15 heavy (non-hydrogen) atoms. The number of anilines is 1. The van der Waals surface area contributed by atoms with Gasteiger partial charge in [-0.25, -0.2) is 0 Å². The Morgan fingerprint density at radius 3 is 2.73 bits per heavy atom. The Hall–Kier alpha value is -0.290. The lowest BCUT2D eigenvalue weighted by Gasteiger charge is -2.26. The molecule has 1 aromatic rings. The van der Waals surface area contributed by atoms with Gasteiger partial charge in [0.05, 0.1) is 6.61 Å². The van der Waals surface area contributed by atoms with Gasteiger partial charge < -0.3 is 10.4 Å². The first kappa shape index (κ1) is 12.8. The zero-order valence-electron chi connectivity index (χ0n) is 9.26. The smallest absolute Gasteiger partial charge is 0.0501 e. The van der Waals surface area contributed by atoms with Crippen molar-refractivity contribution in [2.75, 3.05) is 18.5 Å². The van der Waals surface area contributed by atoms with Gasteiger partial charge in [-0.15, -0.1) is 0 Å². The Kier molecular flexibility index (Phi) is 4.86. The maximum absolute atomic E-state index is 9.28. The largest absolute Gasteiger partial charge is 0.396 e. The summed E-state index contributed by atoms with van der Waals surface area (Å²) in [5.41, 5.74) is 1.09. The number of halogens is 1. The van der Waals surface area contributed by atoms with Gasteiger partial charge in [0.25, 0.3) is 0 Å². The van der Waals surface area contributed by atoms with Gasteiger partial charge in [0.15, 0.2) is 0 Å². The third-order valence-corrected chi connectivity index (χ3v) is 3.45. The predicted octanol–water partition coefficient (Wildman–Crippen LogP) is 3.11. The Labute approximate surface area is 105 Å². The Bertz CT molecular complexity index is 310. The average molecular weight is 319 g/mol. The van der Waals surface area contributed by atoms with Gasteiger partial charge in [-0.3, -0.25) is 0 Å². The zero-order valence-corrected chi connectivity index (χ0v) is 11.4. The summed E-state index contributed by atoms with van der Waals surface area (Å²) in [4.78, 5) is 0. The molecule has 0 aliphatic heterocycles. The molecule has 84 valence electrons. The molecule has 1 atom stereocenters. The van der Waals surface area contributed by atoms with Gasteiger partial charge in [0.2, 0.25) is 0 Å². The van der Waals surface area contributed by atoms with Crippen molar-refractivity contribution >= 4 is 28.3 Å². The molecular formula is C12H18INO. The van der Waals surface area contributed by atoms with E-state index in [9.17, 15) is 5.11 Å². The van der Waals surface area contributed by atoms with Crippen LogP contribution in [0.5, 0.6) is 0 Å². The maximum Gasteiger partial charge on any atom is 0.0501 e. The van der Waals surface area contributed by atoms with Gasteiger partial charge >= 0.3 is 0 Å². The second-order valence-electron chi connectivity index (χ2n) is 4.19. The lowest BCUT2D eigenvalue weighted by molar-refractivity contribution is 0.149. The molecular weight excluding hydrogens is 301 g/mol. The van der Waals surface area contributed by atoms with E-state index in [1.807, 2.05) is 6.07 Å². The number of aliphatic hydroxyl groups excluding tert-OH is 1. The molecule has 0 radical (unpaired) electrons. The van der Waals surface area contributed by atoms with Crippen LogP contribution >= 0.6 is 22.6 Å². The number of benzene rings is 1. The number of hydrogen-bond acceptors (Lipinski definition) is 2. The van der Waals surface area contributed by atoms with Crippen molar-refractivity contribution < 1.29 is 5.11 Å². The monoisotopic (exact) mass is 319 g/mol. The van der Waals surface area contributed by atoms with E-state index in [0.29, 0.717) is 0 Å². The first-order valence-corrected chi connectivity index (χ1v) is 6.28. The summed E-state index contributed by atoms with van der Waals surface area (Å²) in [5, 5.41) is 12.6. The molecule has 1 aromatic carbocycles. The standard InChI is InChI=1S/C12H18INO/c1-3-12(2,9-15)8-14-11-6-4-5-10(13)7-11/h4-7,14-15H,3,8-9H2,1-2H3. The second-order valence-corrected chi connectivity index (χ2v) is 5.43. The van der Waals surface area contributed by atoms with Crippen LogP contribution in [-0.4, -0.2) is 18.3 Å². The fourth-order valence-corrected chi connectivity index (χ4v) is 1.75. The van der Waals surface area contributed by atoms with Crippen molar-refractivity contribution in [2.24, 2.45) is 5.41 Å². The molecule has 0 bridgehead atoms. The summed E-state index contributed by atoms with van der Waals surface area (Å²) in [7, 11) is 0. The van der Waals surface area contributed by atoms with E-state index < -0.39 is 0 Å². The van der Waals surface area contributed by atoms with Gasteiger partial charge in [0, 0.05) is 21.2 Å². The minimum absolute atomic E-state index is 0.0265. The number of hydrogen-bond donors (Lipinski definition) is 2. The fraction of sp³-hybridized carbons (Fsp3) is 0.500. The molecule has 0 saturated carbocycles. The lowest BCUT2D eigenvalue weighted by atomic mass is 9.88. The van der Waals surface area contributed by atoms with Gasteiger partial charge in [-0.2, -0.15) is 0 Å². The van der Waals surface area contributed by atoms with E-state index in [4.69, 9.17) is 0 Å². The fourth-order valence-electron chi connectivity index (χ4n) is 1.21. The van der Waals surface area contributed by atoms with E-state index >= 15 is 0 Å². The van der Waals surface area contributed by atoms with E-state index in [2.05, 4.69) is 60.0 Å². The highest BCUT2D eigenvalue weighted by Crippen LogP contribution is 2.21. The van der Waals surface area contributed by atoms with Crippen LogP contribution in [0.2, 0.25) is 0 Å². The molecule has 0 amide bonds. The van der Waals surface area contributed by atoms with E-state index in [0.717, 1.165) is 18.7 Å². The van der Waals surface area contributed by atoms with Crippen molar-refractivity contribution in [3.05, 3.63) is 27.8 Å². The summed E-state index contributed by atoms with van der Waals surface area (Å²) < 4.78 is 1.22. The van der Waals surface area contributed by atoms with Crippen LogP contribution in [0.3, 0.4) is 0 Å². The summed E-state index contributed by atoms with van der Waals surface area (Å²) in [6, 6.07) is 8.26. The van der Waals surface area contributed by atoms with Crippen LogP contribution in [0.15, 0.2) is 24.3 Å². The first-order chi connectivity index (χ1) is 7.09. The molecule has 0 aliphatic rings. The third kappa shape index (κ3) is 3.99. The molecule has 0 fully saturated rings. The Balaban J connectivity index is 2.56. The first-order valence-electron chi connectivity index (χ1n) is 5.20. The van der Waals surface area contributed by atoms with Crippen molar-refractivity contribution in [3.63, 3.8) is 0 Å². The molecule has 1 unspecified atom stereocenters. The second kappa shape index (κ2) is 5.70. The SMILES string of the molecule is CCC(C)(CO)CNc1cccc(I)c1. The predicted molar refractivity (Wildman–Crippen MR) is 73.1 cm³/mol. The van der Waals surface area contributed by atoms with Crippen LogP contribution in [0.1, 0.15) is 20.3 Å². The maximum atomic E-state index is 9.28. The molecule has 0 spiro atoms. The van der Waals surface area contributed by atoms with Gasteiger partial charge in [-0.05, 0) is 47.2 Å². The molecule has 2 N–H and O–H groups in total. The van der Waals surface area contributed by atoms with Crippen molar-refractivity contribution in [1.29, 1.82) is 0 Å². The van der Waals surface area contributed by atoms with Crippen molar-refractivity contribution in [3.8, 4) is 0 Å². The molecule has 1 rings (SSSR count). The lowest BCUT2D eigenvalue weighted by Crippen LogP contribution is -2.29. The van der Waals surface area contributed by atoms with E-state index in [1.165, 1.54) is 3.57 Å². The quantitative estimate of drug-likeness (QED) is 0.818. The van der Waals surface area contributed by atoms with Crippen LogP contribution in [0, 0.1) is 8.99 Å². The minimum Gasteiger partial charge on any atom is -0.396 e. The summed E-state index contributed by atoms with van der Waals surface area (Å²) in [6.45, 7) is 5.22. The molecule has 3 heteroatoms. The zero-order chi connectivity index (χ0) is 11.3. The normalized spacial score (nSPS) is 14.7. The molecule has 2 nitrogen and oxygen atoms in total. The Morgan fingerprint density at radius 1 is 1.47 bits per heavy atom. The summed E-state index contributed by atoms with van der Waals surface area (Å²) >= 11 is 2.30. The van der Waals surface area contributed by atoms with Crippen molar-refractivity contribution in [1.82, 2.24) is 0 Å².